The molecule has 2 N–H and O–H groups in total. The lowest BCUT2D eigenvalue weighted by Crippen LogP contribution is -2.49. The second-order valence-corrected chi connectivity index (χ2v) is 8.16. The van der Waals surface area contributed by atoms with E-state index in [4.69, 9.17) is 15.2 Å². The van der Waals surface area contributed by atoms with Gasteiger partial charge in [-0.25, -0.2) is 0 Å². The Labute approximate surface area is 172 Å². The molecule has 29 heavy (non-hydrogen) atoms. The molecule has 7 heteroatoms. The normalized spacial score (nSPS) is 21.5. The van der Waals surface area contributed by atoms with Crippen molar-refractivity contribution in [2.75, 3.05) is 46.5 Å². The third-order valence-corrected chi connectivity index (χ3v) is 6.19. The second-order valence-electron chi connectivity index (χ2n) is 8.16. The van der Waals surface area contributed by atoms with Crippen molar-refractivity contribution in [3.05, 3.63) is 30.0 Å². The Hall–Kier alpha value is -2.09. The Morgan fingerprint density at radius 1 is 1.24 bits per heavy atom. The minimum Gasteiger partial charge on any atom is -0.497 e. The molecule has 1 amide bonds. The predicted octanol–water partition coefficient (Wildman–Crippen LogP) is 1.82. The molecule has 1 aromatic carbocycles. The van der Waals surface area contributed by atoms with E-state index in [1.165, 1.54) is 24.8 Å². The van der Waals surface area contributed by atoms with Gasteiger partial charge < -0.3 is 19.8 Å². The fourth-order valence-electron chi connectivity index (χ4n) is 4.68. The summed E-state index contributed by atoms with van der Waals surface area (Å²) in [6, 6.07) is 6.58. The zero-order chi connectivity index (χ0) is 20.2. The van der Waals surface area contributed by atoms with Crippen molar-refractivity contribution >= 4 is 16.8 Å². The topological polar surface area (TPSA) is 73.0 Å². The lowest BCUT2D eigenvalue weighted by Gasteiger charge is -2.39. The number of nitrogens with zero attached hydrogens (tertiary/aromatic N) is 3. The van der Waals surface area contributed by atoms with E-state index in [0.29, 0.717) is 6.04 Å². The lowest BCUT2D eigenvalue weighted by molar-refractivity contribution is -0.118. The van der Waals surface area contributed by atoms with Crippen LogP contribution in [0.4, 0.5) is 0 Å². The lowest BCUT2D eigenvalue weighted by atomic mass is 10.00. The highest BCUT2D eigenvalue weighted by Crippen LogP contribution is 2.29. The Bertz CT molecular complexity index is 844. The van der Waals surface area contributed by atoms with E-state index in [2.05, 4.69) is 22.1 Å². The molecule has 3 heterocycles. The van der Waals surface area contributed by atoms with Gasteiger partial charge in [-0.05, 0) is 43.1 Å². The van der Waals surface area contributed by atoms with E-state index < -0.39 is 0 Å². The van der Waals surface area contributed by atoms with E-state index in [0.717, 1.165) is 62.6 Å². The summed E-state index contributed by atoms with van der Waals surface area (Å²) in [4.78, 5) is 16.7. The highest BCUT2D eigenvalue weighted by molar-refractivity contribution is 5.87. The number of benzene rings is 1. The fraction of sp³-hybridized carbons (Fsp3) is 0.591. The van der Waals surface area contributed by atoms with Gasteiger partial charge in [-0.3, -0.25) is 14.6 Å². The Balaban J connectivity index is 1.58. The van der Waals surface area contributed by atoms with Crippen molar-refractivity contribution in [2.24, 2.45) is 5.73 Å². The SMILES string of the molecule is COc1ccc2c(c1)c(CN1CCCC[C@H]1CN1CCOCC1)cn2CC(N)=O. The second kappa shape index (κ2) is 9.15. The number of hydrogen-bond donors (Lipinski definition) is 1. The van der Waals surface area contributed by atoms with Gasteiger partial charge in [0.05, 0.1) is 20.3 Å². The molecule has 4 rings (SSSR count). The Morgan fingerprint density at radius 3 is 2.83 bits per heavy atom. The number of ether oxygens (including phenoxy) is 2. The van der Waals surface area contributed by atoms with Crippen molar-refractivity contribution < 1.29 is 14.3 Å². The number of carbonyl (C=O) groups excluding carboxylic acids is 1. The van der Waals surface area contributed by atoms with Crippen LogP contribution in [-0.2, 0) is 22.6 Å². The average molecular weight is 401 g/mol. The first kappa shape index (κ1) is 20.2. The maximum absolute atomic E-state index is 11.6. The number of fused-ring (bicyclic) bond motifs is 1. The molecule has 158 valence electrons. The third-order valence-electron chi connectivity index (χ3n) is 6.19. The molecule has 2 fully saturated rings. The van der Waals surface area contributed by atoms with Gasteiger partial charge in [0, 0.05) is 49.3 Å². The molecule has 2 aliphatic rings. The maximum Gasteiger partial charge on any atom is 0.237 e. The van der Waals surface area contributed by atoms with Crippen LogP contribution in [0, 0.1) is 0 Å². The molecule has 1 atom stereocenters. The zero-order valence-corrected chi connectivity index (χ0v) is 17.3. The van der Waals surface area contributed by atoms with Gasteiger partial charge in [-0.2, -0.15) is 0 Å². The van der Waals surface area contributed by atoms with Crippen molar-refractivity contribution in [2.45, 2.75) is 38.4 Å². The smallest absolute Gasteiger partial charge is 0.237 e. The van der Waals surface area contributed by atoms with E-state index in [-0.39, 0.29) is 12.5 Å². The van der Waals surface area contributed by atoms with Gasteiger partial charge in [-0.15, -0.1) is 0 Å². The van der Waals surface area contributed by atoms with E-state index in [9.17, 15) is 4.79 Å². The number of aromatic nitrogens is 1. The van der Waals surface area contributed by atoms with E-state index >= 15 is 0 Å². The van der Waals surface area contributed by atoms with Crippen LogP contribution in [-0.4, -0.2) is 72.8 Å². The number of primary amides is 1. The maximum atomic E-state index is 11.6. The molecule has 1 aromatic heterocycles. The first-order valence-corrected chi connectivity index (χ1v) is 10.6. The Kier molecular flexibility index (Phi) is 6.37. The van der Waals surface area contributed by atoms with Gasteiger partial charge in [0.15, 0.2) is 0 Å². The van der Waals surface area contributed by atoms with E-state index in [1.807, 2.05) is 16.7 Å². The molecule has 0 bridgehead atoms. The number of likely N-dealkylation sites (tertiary alicyclic amines) is 1. The summed E-state index contributed by atoms with van der Waals surface area (Å²) in [6.45, 7) is 7.03. The molecule has 2 aliphatic heterocycles. The summed E-state index contributed by atoms with van der Waals surface area (Å²) in [5, 5.41) is 1.14. The number of rotatable bonds is 7. The third kappa shape index (κ3) is 4.74. The van der Waals surface area contributed by atoms with Gasteiger partial charge in [-0.1, -0.05) is 6.42 Å². The number of carbonyl (C=O) groups is 1. The van der Waals surface area contributed by atoms with Crippen molar-refractivity contribution in [3.8, 4) is 5.75 Å². The Morgan fingerprint density at radius 2 is 2.07 bits per heavy atom. The average Bonchev–Trinajstić information content (AvgIpc) is 3.06. The van der Waals surface area contributed by atoms with Gasteiger partial charge in [0.2, 0.25) is 5.91 Å². The quantitative estimate of drug-likeness (QED) is 0.768. The summed E-state index contributed by atoms with van der Waals surface area (Å²) >= 11 is 0. The first-order chi connectivity index (χ1) is 14.1. The number of morpholine rings is 1. The minimum atomic E-state index is -0.326. The number of nitrogens with two attached hydrogens (primary N) is 1. The molecular formula is C22H32N4O3. The van der Waals surface area contributed by atoms with E-state index in [1.54, 1.807) is 7.11 Å². The number of piperidine rings is 1. The number of methoxy groups -OCH3 is 1. The fourth-order valence-corrected chi connectivity index (χ4v) is 4.68. The summed E-state index contributed by atoms with van der Waals surface area (Å²) in [6.07, 6.45) is 5.86. The molecule has 2 saturated heterocycles. The molecule has 0 radical (unpaired) electrons. The molecular weight excluding hydrogens is 368 g/mol. The van der Waals surface area contributed by atoms with Crippen molar-refractivity contribution in [1.29, 1.82) is 0 Å². The highest BCUT2D eigenvalue weighted by atomic mass is 16.5. The number of hydrogen-bond acceptors (Lipinski definition) is 5. The molecule has 0 aliphatic carbocycles. The summed E-state index contributed by atoms with van der Waals surface area (Å²) in [5.74, 6) is 0.506. The molecule has 7 nitrogen and oxygen atoms in total. The largest absolute Gasteiger partial charge is 0.497 e. The van der Waals surface area contributed by atoms with Gasteiger partial charge in [0.1, 0.15) is 12.3 Å². The molecule has 0 unspecified atom stereocenters. The van der Waals surface area contributed by atoms with Crippen molar-refractivity contribution in [1.82, 2.24) is 14.4 Å². The predicted molar refractivity (Wildman–Crippen MR) is 113 cm³/mol. The van der Waals surface area contributed by atoms with Crippen LogP contribution in [0.2, 0.25) is 0 Å². The van der Waals surface area contributed by atoms with Crippen LogP contribution >= 0.6 is 0 Å². The van der Waals surface area contributed by atoms with Crippen LogP contribution in [0.25, 0.3) is 10.9 Å². The number of amides is 1. The van der Waals surface area contributed by atoms with Gasteiger partial charge in [0.25, 0.3) is 0 Å². The minimum absolute atomic E-state index is 0.194. The molecule has 0 saturated carbocycles. The van der Waals surface area contributed by atoms with Crippen LogP contribution in [0.3, 0.4) is 0 Å². The van der Waals surface area contributed by atoms with Crippen LogP contribution in [0.5, 0.6) is 5.75 Å². The van der Waals surface area contributed by atoms with Crippen LogP contribution < -0.4 is 10.5 Å². The molecule has 2 aromatic rings. The summed E-state index contributed by atoms with van der Waals surface area (Å²) in [5.41, 5.74) is 7.74. The van der Waals surface area contributed by atoms with Crippen LogP contribution in [0.15, 0.2) is 24.4 Å². The van der Waals surface area contributed by atoms with Gasteiger partial charge >= 0.3 is 0 Å². The van der Waals surface area contributed by atoms with Crippen LogP contribution in [0.1, 0.15) is 24.8 Å². The highest BCUT2D eigenvalue weighted by Gasteiger charge is 2.26. The standard InChI is InChI=1S/C22H32N4O3/c1-28-19-5-6-21-20(12-19)17(14-26(21)16-22(23)27)13-25-7-3-2-4-18(25)15-24-8-10-29-11-9-24/h5-6,12,14,18H,2-4,7-11,13,15-16H2,1H3,(H2,23,27)/t18-/m0/s1. The molecule has 0 spiro atoms. The zero-order valence-electron chi connectivity index (χ0n) is 17.3. The summed E-state index contributed by atoms with van der Waals surface area (Å²) in [7, 11) is 1.68. The summed E-state index contributed by atoms with van der Waals surface area (Å²) < 4.78 is 12.9. The first-order valence-electron chi connectivity index (χ1n) is 10.6. The van der Waals surface area contributed by atoms with Crippen molar-refractivity contribution in [3.63, 3.8) is 0 Å². The monoisotopic (exact) mass is 400 g/mol.